The van der Waals surface area contributed by atoms with Crippen molar-refractivity contribution in [2.75, 3.05) is 5.32 Å². The van der Waals surface area contributed by atoms with Crippen LogP contribution in [0.3, 0.4) is 0 Å². The number of thiazole rings is 1. The lowest BCUT2D eigenvalue weighted by Gasteiger charge is -2.04. The molecule has 0 atom stereocenters. The number of halogens is 1. The molecule has 0 bridgehead atoms. The van der Waals surface area contributed by atoms with Gasteiger partial charge in [-0.1, -0.05) is 0 Å². The van der Waals surface area contributed by atoms with Gasteiger partial charge in [0.15, 0.2) is 0 Å². The van der Waals surface area contributed by atoms with Gasteiger partial charge >= 0.3 is 0 Å². The Morgan fingerprint density at radius 1 is 1.20 bits per heavy atom. The summed E-state index contributed by atoms with van der Waals surface area (Å²) in [6, 6.07) is 13.0. The summed E-state index contributed by atoms with van der Waals surface area (Å²) < 4.78 is 13.0. The molecule has 0 aliphatic carbocycles. The second-order valence-corrected chi connectivity index (χ2v) is 6.97. The smallest absolute Gasteiger partial charge is 0.267 e. The van der Waals surface area contributed by atoms with Gasteiger partial charge in [0.2, 0.25) is 0 Å². The molecule has 1 N–H and O–H groups in total. The van der Waals surface area contributed by atoms with Crippen molar-refractivity contribution in [3.05, 3.63) is 64.9 Å². The summed E-state index contributed by atoms with van der Waals surface area (Å²) in [4.78, 5) is 18.2. The lowest BCUT2D eigenvalue weighted by Crippen LogP contribution is -2.11. The maximum Gasteiger partial charge on any atom is 0.267 e. The molecule has 0 fully saturated rings. The van der Waals surface area contributed by atoms with Crippen LogP contribution in [-0.2, 0) is 0 Å². The van der Waals surface area contributed by atoms with E-state index < -0.39 is 0 Å². The number of hydrogen-bond donors (Lipinski definition) is 1. The number of nitrogens with one attached hydrogen (secondary N) is 1. The zero-order valence-electron chi connectivity index (χ0n) is 13.1. The molecule has 0 spiro atoms. The SMILES string of the molecule is Cc1nc(-c2ccc(F)cc2)sc1C(=O)Nc1ccc(SC#N)cc1. The van der Waals surface area contributed by atoms with Crippen LogP contribution in [0.15, 0.2) is 53.4 Å². The van der Waals surface area contributed by atoms with Crippen molar-refractivity contribution in [3.8, 4) is 16.0 Å². The molecule has 2 aromatic carbocycles. The van der Waals surface area contributed by atoms with Crippen molar-refractivity contribution in [2.24, 2.45) is 0 Å². The van der Waals surface area contributed by atoms with Crippen LogP contribution < -0.4 is 5.32 Å². The van der Waals surface area contributed by atoms with E-state index in [0.717, 1.165) is 22.2 Å². The third-order valence-electron chi connectivity index (χ3n) is 3.37. The van der Waals surface area contributed by atoms with Crippen molar-refractivity contribution in [1.82, 2.24) is 4.98 Å². The zero-order chi connectivity index (χ0) is 17.8. The first-order valence-corrected chi connectivity index (χ1v) is 8.91. The van der Waals surface area contributed by atoms with E-state index in [1.807, 2.05) is 5.40 Å². The molecule has 0 aliphatic heterocycles. The summed E-state index contributed by atoms with van der Waals surface area (Å²) in [5.74, 6) is -0.558. The van der Waals surface area contributed by atoms with Crippen LogP contribution in [0.5, 0.6) is 0 Å². The highest BCUT2D eigenvalue weighted by Crippen LogP contribution is 2.29. The Kier molecular flexibility index (Phi) is 5.12. The number of aryl methyl sites for hydroxylation is 1. The molecular formula is C18H12FN3OS2. The number of nitrogens with zero attached hydrogens (tertiary/aromatic N) is 2. The number of rotatable bonds is 4. The molecule has 0 saturated carbocycles. The number of carbonyl (C=O) groups is 1. The van der Waals surface area contributed by atoms with Crippen molar-refractivity contribution < 1.29 is 9.18 Å². The summed E-state index contributed by atoms with van der Waals surface area (Å²) in [6.07, 6.45) is 0. The number of amides is 1. The van der Waals surface area contributed by atoms with Gasteiger partial charge in [0, 0.05) is 16.1 Å². The van der Waals surface area contributed by atoms with Crippen LogP contribution in [0.2, 0.25) is 0 Å². The minimum Gasteiger partial charge on any atom is -0.321 e. The maximum atomic E-state index is 13.0. The van der Waals surface area contributed by atoms with E-state index in [9.17, 15) is 9.18 Å². The zero-order valence-corrected chi connectivity index (χ0v) is 14.7. The minimum atomic E-state index is -0.312. The van der Waals surface area contributed by atoms with Crippen LogP contribution in [0.4, 0.5) is 10.1 Å². The summed E-state index contributed by atoms with van der Waals surface area (Å²) >= 11 is 2.33. The molecular weight excluding hydrogens is 357 g/mol. The van der Waals surface area contributed by atoms with Crippen molar-refractivity contribution in [2.45, 2.75) is 11.8 Å². The van der Waals surface area contributed by atoms with Gasteiger partial charge in [-0.3, -0.25) is 4.79 Å². The number of hydrogen-bond acceptors (Lipinski definition) is 5. The van der Waals surface area contributed by atoms with Gasteiger partial charge in [-0.2, -0.15) is 5.26 Å². The molecule has 1 amide bonds. The Morgan fingerprint density at radius 3 is 2.52 bits per heavy atom. The Bertz CT molecular complexity index is 944. The first-order valence-electron chi connectivity index (χ1n) is 7.27. The molecule has 4 nitrogen and oxygen atoms in total. The van der Waals surface area contributed by atoms with Gasteiger partial charge in [-0.15, -0.1) is 11.3 Å². The predicted octanol–water partition coefficient (Wildman–Crippen LogP) is 5.08. The lowest BCUT2D eigenvalue weighted by molar-refractivity contribution is 0.103. The van der Waals surface area contributed by atoms with E-state index in [1.165, 1.54) is 23.5 Å². The molecule has 0 unspecified atom stereocenters. The quantitative estimate of drug-likeness (QED) is 0.514. The summed E-state index contributed by atoms with van der Waals surface area (Å²) in [6.45, 7) is 1.77. The summed E-state index contributed by atoms with van der Waals surface area (Å²) in [5.41, 5.74) is 2.04. The fourth-order valence-corrected chi connectivity index (χ4v) is 3.51. The fraction of sp³-hybridized carbons (Fsp3) is 0.0556. The molecule has 0 aliphatic rings. The lowest BCUT2D eigenvalue weighted by atomic mass is 10.2. The highest BCUT2D eigenvalue weighted by atomic mass is 32.2. The Morgan fingerprint density at radius 2 is 1.88 bits per heavy atom. The third-order valence-corrected chi connectivity index (χ3v) is 5.17. The average Bonchev–Trinajstić information content (AvgIpc) is 2.99. The highest BCUT2D eigenvalue weighted by molar-refractivity contribution is 8.03. The Hall–Kier alpha value is -2.69. The van der Waals surface area contributed by atoms with Gasteiger partial charge in [0.05, 0.1) is 5.69 Å². The summed E-state index contributed by atoms with van der Waals surface area (Å²) in [7, 11) is 0. The largest absolute Gasteiger partial charge is 0.321 e. The molecule has 1 heterocycles. The average molecular weight is 369 g/mol. The van der Waals surface area contributed by atoms with Gasteiger partial charge in [-0.25, -0.2) is 9.37 Å². The first-order chi connectivity index (χ1) is 12.1. The Balaban J connectivity index is 1.78. The predicted molar refractivity (Wildman–Crippen MR) is 98.1 cm³/mol. The van der Waals surface area contributed by atoms with E-state index in [-0.39, 0.29) is 11.7 Å². The van der Waals surface area contributed by atoms with E-state index in [1.54, 1.807) is 43.3 Å². The van der Waals surface area contributed by atoms with Gasteiger partial charge in [-0.05, 0) is 67.2 Å². The van der Waals surface area contributed by atoms with Crippen LogP contribution >= 0.6 is 23.1 Å². The minimum absolute atomic E-state index is 0.246. The molecule has 3 rings (SSSR count). The molecule has 0 radical (unpaired) electrons. The topological polar surface area (TPSA) is 65.8 Å². The molecule has 7 heteroatoms. The number of thiocyanates is 1. The molecule has 124 valence electrons. The van der Waals surface area contributed by atoms with Gasteiger partial charge < -0.3 is 5.32 Å². The van der Waals surface area contributed by atoms with E-state index in [2.05, 4.69) is 10.3 Å². The standard InChI is InChI=1S/C18H12FN3OS2/c1-11-16(25-18(21-11)12-2-4-13(19)5-3-12)17(23)22-14-6-8-15(9-7-14)24-10-20/h2-9H,1H3,(H,22,23). The normalized spacial score (nSPS) is 10.3. The summed E-state index contributed by atoms with van der Waals surface area (Å²) in [5, 5.41) is 14.1. The molecule has 1 aromatic heterocycles. The number of nitriles is 1. The monoisotopic (exact) mass is 369 g/mol. The van der Waals surface area contributed by atoms with Crippen molar-refractivity contribution >= 4 is 34.7 Å². The van der Waals surface area contributed by atoms with Crippen LogP contribution in [0.1, 0.15) is 15.4 Å². The van der Waals surface area contributed by atoms with Crippen LogP contribution in [0.25, 0.3) is 10.6 Å². The molecule has 25 heavy (non-hydrogen) atoms. The second kappa shape index (κ2) is 7.47. The van der Waals surface area contributed by atoms with Crippen molar-refractivity contribution in [1.29, 1.82) is 5.26 Å². The highest BCUT2D eigenvalue weighted by Gasteiger charge is 2.16. The van der Waals surface area contributed by atoms with Crippen molar-refractivity contribution in [3.63, 3.8) is 0 Å². The number of benzene rings is 2. The number of carbonyl (C=O) groups excluding carboxylic acids is 1. The van der Waals surface area contributed by atoms with E-state index in [4.69, 9.17) is 5.26 Å². The number of anilines is 1. The second-order valence-electron chi connectivity index (χ2n) is 5.11. The number of thioether (sulfide) groups is 1. The Labute approximate surface area is 152 Å². The first kappa shape index (κ1) is 17.1. The maximum absolute atomic E-state index is 13.0. The molecule has 3 aromatic rings. The number of aromatic nitrogens is 1. The van der Waals surface area contributed by atoms with Crippen LogP contribution in [0, 0.1) is 23.4 Å². The van der Waals surface area contributed by atoms with E-state index >= 15 is 0 Å². The van der Waals surface area contributed by atoms with Crippen LogP contribution in [-0.4, -0.2) is 10.9 Å². The van der Waals surface area contributed by atoms with Gasteiger partial charge in [0.25, 0.3) is 5.91 Å². The molecule has 0 saturated heterocycles. The van der Waals surface area contributed by atoms with Gasteiger partial charge in [0.1, 0.15) is 21.1 Å². The fourth-order valence-electron chi connectivity index (χ4n) is 2.17. The van der Waals surface area contributed by atoms with E-state index in [0.29, 0.717) is 21.3 Å². The third kappa shape index (κ3) is 4.05.